The van der Waals surface area contributed by atoms with E-state index in [9.17, 15) is 8.42 Å². The Morgan fingerprint density at radius 3 is 2.45 bits per heavy atom. The fourth-order valence-corrected chi connectivity index (χ4v) is 3.61. The lowest BCUT2D eigenvalue weighted by Gasteiger charge is -2.16. The average Bonchev–Trinajstić information content (AvgIpc) is 2.39. The fraction of sp³-hybridized carbons (Fsp3) is 0.600. The van der Waals surface area contributed by atoms with Gasteiger partial charge >= 0.3 is 0 Å². The molecule has 1 unspecified atom stereocenters. The van der Waals surface area contributed by atoms with Crippen LogP contribution in [0.15, 0.2) is 23.1 Å². The first-order chi connectivity index (χ1) is 9.40. The van der Waals surface area contributed by atoms with Crippen LogP contribution in [-0.2, 0) is 10.0 Å². The molecule has 0 saturated heterocycles. The average molecular weight is 318 g/mol. The van der Waals surface area contributed by atoms with E-state index in [1.54, 1.807) is 12.1 Å². The number of rotatable bonds is 8. The van der Waals surface area contributed by atoms with E-state index in [1.165, 1.54) is 0 Å². The van der Waals surface area contributed by atoms with Gasteiger partial charge in [-0.1, -0.05) is 19.4 Å². The number of hydrogen-bond donors (Lipinski definition) is 1. The van der Waals surface area contributed by atoms with Crippen molar-refractivity contribution < 1.29 is 8.42 Å². The Balaban J connectivity index is 2.75. The molecule has 0 aliphatic heterocycles. The van der Waals surface area contributed by atoms with Gasteiger partial charge in [0.15, 0.2) is 0 Å². The highest BCUT2D eigenvalue weighted by atomic mass is 35.5. The molecule has 1 N–H and O–H groups in total. The highest BCUT2D eigenvalue weighted by Gasteiger charge is 2.17. The summed E-state index contributed by atoms with van der Waals surface area (Å²) in [6.07, 6.45) is 2.86. The Hall–Kier alpha value is -0.580. The van der Waals surface area contributed by atoms with E-state index in [2.05, 4.69) is 11.6 Å². The summed E-state index contributed by atoms with van der Waals surface area (Å²) in [5.41, 5.74) is 2.08. The second-order valence-corrected chi connectivity index (χ2v) is 7.38. The first-order valence-electron chi connectivity index (χ1n) is 7.03. The normalized spacial score (nSPS) is 13.4. The minimum absolute atomic E-state index is 0.304. The topological polar surface area (TPSA) is 46.2 Å². The number of aryl methyl sites for hydroxylation is 2. The van der Waals surface area contributed by atoms with Crippen LogP contribution in [0.25, 0.3) is 0 Å². The number of sulfonamides is 1. The van der Waals surface area contributed by atoms with Crippen LogP contribution >= 0.6 is 11.6 Å². The van der Waals surface area contributed by atoms with Gasteiger partial charge in [-0.2, -0.15) is 0 Å². The van der Waals surface area contributed by atoms with Crippen molar-refractivity contribution in [2.75, 3.05) is 12.4 Å². The van der Waals surface area contributed by atoms with E-state index in [4.69, 9.17) is 11.6 Å². The molecule has 5 heteroatoms. The van der Waals surface area contributed by atoms with Gasteiger partial charge in [-0.15, -0.1) is 11.6 Å². The van der Waals surface area contributed by atoms with Crippen LogP contribution < -0.4 is 4.72 Å². The monoisotopic (exact) mass is 317 g/mol. The zero-order valence-corrected chi connectivity index (χ0v) is 14.0. The molecule has 0 radical (unpaired) electrons. The summed E-state index contributed by atoms with van der Waals surface area (Å²) in [4.78, 5) is 0.335. The van der Waals surface area contributed by atoms with Crippen LogP contribution in [0.1, 0.15) is 37.3 Å². The standard InChI is InChI=1S/C15H24ClNO2S/c1-4-5-14(8-9-16)11-17-20(18,19)15-7-6-12(2)13(3)10-15/h6-7,10,14,17H,4-5,8-9,11H2,1-3H3. The summed E-state index contributed by atoms with van der Waals surface area (Å²) < 4.78 is 27.2. The zero-order valence-electron chi connectivity index (χ0n) is 12.4. The van der Waals surface area contributed by atoms with Crippen molar-refractivity contribution in [1.29, 1.82) is 0 Å². The summed E-state index contributed by atoms with van der Waals surface area (Å²) in [5.74, 6) is 0.870. The Labute approximate surface area is 127 Å². The van der Waals surface area contributed by atoms with Crippen molar-refractivity contribution >= 4 is 21.6 Å². The lowest BCUT2D eigenvalue weighted by atomic mass is 10.0. The molecule has 0 heterocycles. The Bertz CT molecular complexity index is 523. The predicted octanol–water partition coefficient (Wildman–Crippen LogP) is 3.63. The second-order valence-electron chi connectivity index (χ2n) is 5.23. The Morgan fingerprint density at radius 2 is 1.90 bits per heavy atom. The highest BCUT2D eigenvalue weighted by molar-refractivity contribution is 7.89. The lowest BCUT2D eigenvalue weighted by molar-refractivity contribution is 0.457. The van der Waals surface area contributed by atoms with Crippen molar-refractivity contribution in [3.05, 3.63) is 29.3 Å². The van der Waals surface area contributed by atoms with Crippen molar-refractivity contribution in [3.8, 4) is 0 Å². The number of halogens is 1. The fourth-order valence-electron chi connectivity index (χ4n) is 2.10. The van der Waals surface area contributed by atoms with E-state index >= 15 is 0 Å². The molecule has 1 rings (SSSR count). The predicted molar refractivity (Wildman–Crippen MR) is 84.8 cm³/mol. The summed E-state index contributed by atoms with van der Waals surface area (Å²) in [5, 5.41) is 0. The molecule has 0 aromatic heterocycles. The van der Waals surface area contributed by atoms with Gasteiger partial charge in [0.2, 0.25) is 10.0 Å². The maximum atomic E-state index is 12.3. The largest absolute Gasteiger partial charge is 0.240 e. The van der Waals surface area contributed by atoms with Crippen LogP contribution in [0.5, 0.6) is 0 Å². The SMILES string of the molecule is CCCC(CCCl)CNS(=O)(=O)c1ccc(C)c(C)c1. The number of nitrogens with one attached hydrogen (secondary N) is 1. The third-order valence-electron chi connectivity index (χ3n) is 3.56. The lowest BCUT2D eigenvalue weighted by Crippen LogP contribution is -2.29. The maximum absolute atomic E-state index is 12.3. The molecule has 3 nitrogen and oxygen atoms in total. The van der Waals surface area contributed by atoms with E-state index in [0.29, 0.717) is 23.2 Å². The van der Waals surface area contributed by atoms with Gasteiger partial charge in [0.1, 0.15) is 0 Å². The minimum atomic E-state index is -3.42. The summed E-state index contributed by atoms with van der Waals surface area (Å²) in [6.45, 7) is 6.44. The summed E-state index contributed by atoms with van der Waals surface area (Å²) in [6, 6.07) is 5.21. The van der Waals surface area contributed by atoms with Crippen molar-refractivity contribution in [3.63, 3.8) is 0 Å². The highest BCUT2D eigenvalue weighted by Crippen LogP contribution is 2.16. The zero-order chi connectivity index (χ0) is 15.2. The summed E-state index contributed by atoms with van der Waals surface area (Å²) in [7, 11) is -3.42. The molecule has 20 heavy (non-hydrogen) atoms. The number of alkyl halides is 1. The van der Waals surface area contributed by atoms with Gasteiger partial charge in [0, 0.05) is 12.4 Å². The summed E-state index contributed by atoms with van der Waals surface area (Å²) >= 11 is 5.76. The molecular weight excluding hydrogens is 294 g/mol. The molecule has 0 aliphatic carbocycles. The molecule has 0 amide bonds. The van der Waals surface area contributed by atoms with Crippen molar-refractivity contribution in [1.82, 2.24) is 4.72 Å². The molecule has 1 aromatic carbocycles. The van der Waals surface area contributed by atoms with Gasteiger partial charge in [-0.25, -0.2) is 13.1 Å². The molecule has 1 aromatic rings. The molecular formula is C15H24ClNO2S. The van der Waals surface area contributed by atoms with Gasteiger partial charge in [0.25, 0.3) is 0 Å². The Morgan fingerprint density at radius 1 is 1.20 bits per heavy atom. The third-order valence-corrected chi connectivity index (χ3v) is 5.20. The van der Waals surface area contributed by atoms with Gasteiger partial charge < -0.3 is 0 Å². The van der Waals surface area contributed by atoms with Gasteiger partial charge in [-0.3, -0.25) is 0 Å². The van der Waals surface area contributed by atoms with Crippen LogP contribution in [0.4, 0.5) is 0 Å². The second kappa shape index (κ2) is 8.01. The first kappa shape index (κ1) is 17.5. The minimum Gasteiger partial charge on any atom is -0.211 e. The molecule has 0 spiro atoms. The first-order valence-corrected chi connectivity index (χ1v) is 9.05. The van der Waals surface area contributed by atoms with Gasteiger partial charge in [-0.05, 0) is 55.9 Å². The van der Waals surface area contributed by atoms with Crippen LogP contribution in [-0.4, -0.2) is 20.8 Å². The Kier molecular flexibility index (Phi) is 7.00. The number of hydrogen-bond acceptors (Lipinski definition) is 2. The van der Waals surface area contributed by atoms with Gasteiger partial charge in [0.05, 0.1) is 4.90 Å². The van der Waals surface area contributed by atoms with Crippen LogP contribution in [0, 0.1) is 19.8 Å². The van der Waals surface area contributed by atoms with Crippen LogP contribution in [0.2, 0.25) is 0 Å². The smallest absolute Gasteiger partial charge is 0.211 e. The van der Waals surface area contributed by atoms with E-state index in [1.807, 2.05) is 19.9 Å². The molecule has 114 valence electrons. The van der Waals surface area contributed by atoms with Crippen LogP contribution in [0.3, 0.4) is 0 Å². The molecule has 0 saturated carbocycles. The molecule has 0 bridgehead atoms. The van der Waals surface area contributed by atoms with E-state index in [0.717, 1.165) is 30.4 Å². The van der Waals surface area contributed by atoms with Crippen molar-refractivity contribution in [2.24, 2.45) is 5.92 Å². The third kappa shape index (κ3) is 5.08. The molecule has 1 atom stereocenters. The van der Waals surface area contributed by atoms with E-state index < -0.39 is 10.0 Å². The number of benzene rings is 1. The quantitative estimate of drug-likeness (QED) is 0.744. The maximum Gasteiger partial charge on any atom is 0.240 e. The van der Waals surface area contributed by atoms with Crippen molar-refractivity contribution in [2.45, 2.75) is 44.9 Å². The van der Waals surface area contributed by atoms with E-state index in [-0.39, 0.29) is 0 Å². The molecule has 0 fully saturated rings. The molecule has 0 aliphatic rings.